The van der Waals surface area contributed by atoms with E-state index in [1.807, 2.05) is 6.20 Å². The van der Waals surface area contributed by atoms with E-state index in [-0.39, 0.29) is 0 Å². The molecule has 1 rings (SSSR count). The zero-order valence-corrected chi connectivity index (χ0v) is 6.68. The molecule has 0 fully saturated rings. The van der Waals surface area contributed by atoms with Crippen LogP contribution in [-0.4, -0.2) is 22.7 Å². The van der Waals surface area contributed by atoms with E-state index in [1.165, 1.54) is 0 Å². The van der Waals surface area contributed by atoms with Crippen LogP contribution in [0.1, 0.15) is 20.8 Å². The maximum Gasteiger partial charge on any atom is 0.192 e. The first kappa shape index (κ1) is 7.31. The van der Waals surface area contributed by atoms with Crippen molar-refractivity contribution < 1.29 is 0 Å². The van der Waals surface area contributed by atoms with Gasteiger partial charge in [-0.3, -0.25) is 5.10 Å². The highest BCUT2D eigenvalue weighted by atomic mass is 15.3. The first-order chi connectivity index (χ1) is 4.58. The van der Waals surface area contributed by atoms with Crippen molar-refractivity contribution >= 4 is 12.9 Å². The molecule has 4 heteroatoms. The van der Waals surface area contributed by atoms with Crippen LogP contribution in [0.25, 0.3) is 0 Å². The van der Waals surface area contributed by atoms with E-state index in [0.29, 0.717) is 5.31 Å². The van der Waals surface area contributed by atoms with Gasteiger partial charge in [-0.15, -0.1) is 5.10 Å². The Morgan fingerprint density at radius 1 is 1.50 bits per heavy atom. The molecule has 1 aromatic heterocycles. The van der Waals surface area contributed by atoms with E-state index in [2.05, 4.69) is 36.2 Å². The number of rotatable bonds is 1. The van der Waals surface area contributed by atoms with Gasteiger partial charge in [-0.2, -0.15) is 0 Å². The summed E-state index contributed by atoms with van der Waals surface area (Å²) in [5.41, 5.74) is 1.03. The van der Waals surface area contributed by atoms with Crippen LogP contribution in [-0.2, 0) is 0 Å². The van der Waals surface area contributed by atoms with Crippen LogP contribution in [0.4, 0.5) is 0 Å². The Bertz CT molecular complexity index is 187. The minimum atomic E-state index is 0.302. The predicted molar refractivity (Wildman–Crippen MR) is 42.9 cm³/mol. The number of hydrogen-bond acceptors (Lipinski definition) is 2. The third-order valence-electron chi connectivity index (χ3n) is 1.18. The average Bonchev–Trinajstić information content (AvgIpc) is 2.12. The van der Waals surface area contributed by atoms with Gasteiger partial charge in [0.15, 0.2) is 7.28 Å². The molecule has 0 saturated carbocycles. The summed E-state index contributed by atoms with van der Waals surface area (Å²) in [7, 11) is 0.976. The fourth-order valence-corrected chi connectivity index (χ4v) is 0.855. The quantitative estimate of drug-likeness (QED) is 0.557. The number of nitrogens with zero attached hydrogens (tertiary/aromatic N) is 2. The van der Waals surface area contributed by atoms with Crippen LogP contribution in [0.2, 0.25) is 5.31 Å². The molecule has 1 heterocycles. The van der Waals surface area contributed by atoms with Crippen molar-refractivity contribution in [2.75, 3.05) is 0 Å². The standard InChI is InChI=1S/C6H12BN3/c1-6(2,3)7-5-4-8-10-9-5/h4,7H,1-3H3,(H,8,9,10). The molecule has 0 bridgehead atoms. The molecule has 0 saturated heterocycles. The van der Waals surface area contributed by atoms with Crippen LogP contribution in [0, 0.1) is 0 Å². The van der Waals surface area contributed by atoms with Crippen molar-refractivity contribution in [2.45, 2.75) is 26.1 Å². The van der Waals surface area contributed by atoms with E-state index in [1.54, 1.807) is 0 Å². The molecule has 0 aliphatic heterocycles. The van der Waals surface area contributed by atoms with Gasteiger partial charge in [0.2, 0.25) is 0 Å². The third kappa shape index (κ3) is 2.21. The van der Waals surface area contributed by atoms with Gasteiger partial charge < -0.3 is 0 Å². The van der Waals surface area contributed by atoms with Gasteiger partial charge >= 0.3 is 0 Å². The minimum absolute atomic E-state index is 0.302. The van der Waals surface area contributed by atoms with Crippen LogP contribution in [0.3, 0.4) is 0 Å². The summed E-state index contributed by atoms with van der Waals surface area (Å²) in [5, 5.41) is 10.5. The van der Waals surface area contributed by atoms with Crippen LogP contribution >= 0.6 is 0 Å². The Morgan fingerprint density at radius 3 is 2.60 bits per heavy atom. The summed E-state index contributed by atoms with van der Waals surface area (Å²) >= 11 is 0. The SMILES string of the molecule is CC(C)(C)Bc1c[nH]nn1. The summed E-state index contributed by atoms with van der Waals surface area (Å²) in [4.78, 5) is 0. The van der Waals surface area contributed by atoms with Gasteiger partial charge in [0.25, 0.3) is 0 Å². The van der Waals surface area contributed by atoms with E-state index in [4.69, 9.17) is 0 Å². The average molecular weight is 137 g/mol. The number of aromatic nitrogens is 3. The Labute approximate surface area is 61.5 Å². The zero-order valence-electron chi connectivity index (χ0n) is 6.68. The molecule has 3 nitrogen and oxygen atoms in total. The molecule has 10 heavy (non-hydrogen) atoms. The fourth-order valence-electron chi connectivity index (χ4n) is 0.855. The first-order valence-corrected chi connectivity index (χ1v) is 3.43. The maximum absolute atomic E-state index is 3.90. The lowest BCUT2D eigenvalue weighted by molar-refractivity contribution is 0.758. The predicted octanol–water partition coefficient (Wildman–Crippen LogP) is 0.0849. The number of aromatic amines is 1. The van der Waals surface area contributed by atoms with Crippen molar-refractivity contribution in [3.05, 3.63) is 6.20 Å². The van der Waals surface area contributed by atoms with E-state index in [9.17, 15) is 0 Å². The fraction of sp³-hybridized carbons (Fsp3) is 0.667. The van der Waals surface area contributed by atoms with Crippen molar-refractivity contribution in [3.8, 4) is 0 Å². The molecule has 0 aliphatic carbocycles. The Morgan fingerprint density at radius 2 is 2.20 bits per heavy atom. The minimum Gasteiger partial charge on any atom is -0.266 e. The number of H-pyrrole nitrogens is 1. The first-order valence-electron chi connectivity index (χ1n) is 3.43. The molecule has 1 aromatic rings. The lowest BCUT2D eigenvalue weighted by Crippen LogP contribution is -2.24. The lowest BCUT2D eigenvalue weighted by Gasteiger charge is -2.13. The zero-order chi connectivity index (χ0) is 7.61. The van der Waals surface area contributed by atoms with Crippen molar-refractivity contribution in [3.63, 3.8) is 0 Å². The van der Waals surface area contributed by atoms with Crippen molar-refractivity contribution in [1.82, 2.24) is 15.4 Å². The highest BCUT2D eigenvalue weighted by Gasteiger charge is 2.14. The lowest BCUT2D eigenvalue weighted by atomic mass is 9.53. The van der Waals surface area contributed by atoms with E-state index >= 15 is 0 Å². The molecule has 0 aliphatic rings. The molecule has 0 aromatic carbocycles. The molecule has 0 radical (unpaired) electrons. The van der Waals surface area contributed by atoms with Crippen LogP contribution in [0.15, 0.2) is 6.20 Å². The molecule has 1 N–H and O–H groups in total. The highest BCUT2D eigenvalue weighted by molar-refractivity contribution is 6.55. The molecule has 54 valence electrons. The summed E-state index contributed by atoms with van der Waals surface area (Å²) < 4.78 is 0. The maximum atomic E-state index is 3.90. The molecule has 0 atom stereocenters. The van der Waals surface area contributed by atoms with E-state index in [0.717, 1.165) is 12.9 Å². The molecule has 0 spiro atoms. The second-order valence-corrected chi connectivity index (χ2v) is 3.70. The van der Waals surface area contributed by atoms with Crippen LogP contribution in [0.5, 0.6) is 0 Å². The summed E-state index contributed by atoms with van der Waals surface area (Å²) in [5.74, 6) is 0. The largest absolute Gasteiger partial charge is 0.266 e. The van der Waals surface area contributed by atoms with Gasteiger partial charge in [-0.1, -0.05) is 31.3 Å². The van der Waals surface area contributed by atoms with Crippen LogP contribution < -0.4 is 5.59 Å². The highest BCUT2D eigenvalue weighted by Crippen LogP contribution is 2.18. The second kappa shape index (κ2) is 2.44. The van der Waals surface area contributed by atoms with Gasteiger partial charge in [-0.25, -0.2) is 0 Å². The second-order valence-electron chi connectivity index (χ2n) is 3.70. The van der Waals surface area contributed by atoms with Crippen molar-refractivity contribution in [1.29, 1.82) is 0 Å². The Hall–Kier alpha value is -0.795. The van der Waals surface area contributed by atoms with Gasteiger partial charge in [0, 0.05) is 11.8 Å². The molecule has 0 amide bonds. The summed E-state index contributed by atoms with van der Waals surface area (Å²) in [6.45, 7) is 6.55. The third-order valence-corrected chi connectivity index (χ3v) is 1.18. The van der Waals surface area contributed by atoms with Gasteiger partial charge in [-0.05, 0) is 0 Å². The van der Waals surface area contributed by atoms with E-state index < -0.39 is 0 Å². The normalized spacial score (nSPS) is 11.5. The van der Waals surface area contributed by atoms with Gasteiger partial charge in [0.1, 0.15) is 0 Å². The Kier molecular flexibility index (Phi) is 1.79. The Balaban J connectivity index is 2.57. The molecule has 0 unspecified atom stereocenters. The number of nitrogens with one attached hydrogen (secondary N) is 1. The monoisotopic (exact) mass is 137 g/mol. The summed E-state index contributed by atoms with van der Waals surface area (Å²) in [6, 6.07) is 0. The number of hydrogen-bond donors (Lipinski definition) is 1. The van der Waals surface area contributed by atoms with Gasteiger partial charge in [0.05, 0.1) is 0 Å². The summed E-state index contributed by atoms with van der Waals surface area (Å²) in [6.07, 6.45) is 1.84. The smallest absolute Gasteiger partial charge is 0.192 e. The molecular weight excluding hydrogens is 125 g/mol. The topological polar surface area (TPSA) is 41.6 Å². The molecular formula is C6H12BN3. The van der Waals surface area contributed by atoms with Crippen molar-refractivity contribution in [2.24, 2.45) is 0 Å².